The molecule has 1 aliphatic rings. The summed E-state index contributed by atoms with van der Waals surface area (Å²) in [5.74, 6) is -0.894. The first-order valence-electron chi connectivity index (χ1n) is 7.32. The maximum atomic E-state index is 11.6. The van der Waals surface area contributed by atoms with Crippen LogP contribution in [0, 0.1) is 12.8 Å². The third-order valence-corrected chi connectivity index (χ3v) is 5.60. The number of carboxylic acid groups (broad SMARTS) is 1. The molecule has 5 heteroatoms. The van der Waals surface area contributed by atoms with Gasteiger partial charge in [0.15, 0.2) is 9.84 Å². The highest BCUT2D eigenvalue weighted by molar-refractivity contribution is 7.90. The maximum absolute atomic E-state index is 11.6. The number of aliphatic carboxylic acids is 1. The molecule has 0 amide bonds. The first-order valence-corrected chi connectivity index (χ1v) is 9.21. The fourth-order valence-corrected chi connectivity index (χ4v) is 4.22. The molecule has 1 aromatic carbocycles. The highest BCUT2D eigenvalue weighted by Gasteiger charge is 2.27. The Morgan fingerprint density at radius 1 is 1.33 bits per heavy atom. The first-order chi connectivity index (χ1) is 9.79. The Morgan fingerprint density at radius 3 is 2.43 bits per heavy atom. The molecule has 1 fully saturated rings. The highest BCUT2D eigenvalue weighted by atomic mass is 32.2. The second kappa shape index (κ2) is 6.18. The molecule has 0 radical (unpaired) electrons. The van der Waals surface area contributed by atoms with Crippen molar-refractivity contribution in [1.82, 2.24) is 0 Å². The fourth-order valence-electron chi connectivity index (χ4n) is 3.26. The van der Waals surface area contributed by atoms with Crippen molar-refractivity contribution in [1.29, 1.82) is 0 Å². The van der Waals surface area contributed by atoms with Crippen molar-refractivity contribution in [2.45, 2.75) is 49.8 Å². The number of carboxylic acids is 1. The molecule has 4 nitrogen and oxygen atoms in total. The molecule has 0 aromatic heterocycles. The molecule has 0 aliphatic heterocycles. The molecule has 0 bridgehead atoms. The summed E-state index contributed by atoms with van der Waals surface area (Å²) in [6.45, 7) is 1.72. The van der Waals surface area contributed by atoms with Gasteiger partial charge in [-0.1, -0.05) is 37.8 Å². The van der Waals surface area contributed by atoms with Crippen molar-refractivity contribution in [2.75, 3.05) is 6.26 Å². The molecule has 1 N–H and O–H groups in total. The van der Waals surface area contributed by atoms with Gasteiger partial charge in [0.05, 0.1) is 10.8 Å². The second-order valence-electron chi connectivity index (χ2n) is 6.07. The third-order valence-electron chi connectivity index (χ3n) is 4.34. The van der Waals surface area contributed by atoms with Crippen LogP contribution in [0.5, 0.6) is 0 Å². The van der Waals surface area contributed by atoms with Gasteiger partial charge in [0.25, 0.3) is 0 Å². The molecule has 1 aromatic rings. The van der Waals surface area contributed by atoms with Crippen LogP contribution in [-0.4, -0.2) is 25.7 Å². The van der Waals surface area contributed by atoms with Gasteiger partial charge in [-0.3, -0.25) is 4.79 Å². The predicted molar refractivity (Wildman–Crippen MR) is 81.2 cm³/mol. The summed E-state index contributed by atoms with van der Waals surface area (Å²) in [7, 11) is -3.27. The van der Waals surface area contributed by atoms with E-state index in [2.05, 4.69) is 0 Å². The maximum Gasteiger partial charge on any atom is 0.310 e. The van der Waals surface area contributed by atoms with Crippen LogP contribution in [-0.2, 0) is 14.6 Å². The Balaban J connectivity index is 2.28. The van der Waals surface area contributed by atoms with Crippen LogP contribution in [0.1, 0.15) is 49.1 Å². The first kappa shape index (κ1) is 16.0. The summed E-state index contributed by atoms with van der Waals surface area (Å²) in [4.78, 5) is 11.8. The Morgan fingerprint density at radius 2 is 1.95 bits per heavy atom. The van der Waals surface area contributed by atoms with Gasteiger partial charge in [-0.25, -0.2) is 8.42 Å². The lowest BCUT2D eigenvalue weighted by Crippen LogP contribution is -2.15. The van der Waals surface area contributed by atoms with Crippen LogP contribution >= 0.6 is 0 Å². The normalized spacial score (nSPS) is 17.8. The van der Waals surface area contributed by atoms with Crippen LogP contribution < -0.4 is 0 Å². The number of rotatable bonds is 5. The summed E-state index contributed by atoms with van der Waals surface area (Å²) >= 11 is 0. The topological polar surface area (TPSA) is 71.4 Å². The number of hydrogen-bond donors (Lipinski definition) is 1. The van der Waals surface area contributed by atoms with Gasteiger partial charge >= 0.3 is 5.97 Å². The molecule has 1 aliphatic carbocycles. The zero-order chi connectivity index (χ0) is 15.6. The van der Waals surface area contributed by atoms with Gasteiger partial charge in [0.1, 0.15) is 0 Å². The average molecular weight is 310 g/mol. The molecule has 116 valence electrons. The van der Waals surface area contributed by atoms with E-state index in [4.69, 9.17) is 0 Å². The van der Waals surface area contributed by atoms with Crippen LogP contribution in [0.15, 0.2) is 23.1 Å². The highest BCUT2D eigenvalue weighted by Crippen LogP contribution is 2.35. The molecule has 0 saturated heterocycles. The minimum atomic E-state index is -3.27. The quantitative estimate of drug-likeness (QED) is 0.907. The third kappa shape index (κ3) is 3.84. The van der Waals surface area contributed by atoms with Gasteiger partial charge < -0.3 is 5.11 Å². The lowest BCUT2D eigenvalue weighted by Gasteiger charge is -2.18. The smallest absolute Gasteiger partial charge is 0.310 e. The van der Waals surface area contributed by atoms with Crippen molar-refractivity contribution in [3.05, 3.63) is 29.3 Å². The van der Waals surface area contributed by atoms with E-state index < -0.39 is 21.7 Å². The van der Waals surface area contributed by atoms with Crippen molar-refractivity contribution in [2.24, 2.45) is 5.92 Å². The largest absolute Gasteiger partial charge is 0.481 e. The van der Waals surface area contributed by atoms with Crippen LogP contribution in [0.2, 0.25) is 0 Å². The van der Waals surface area contributed by atoms with Gasteiger partial charge in [-0.2, -0.15) is 0 Å². The zero-order valence-electron chi connectivity index (χ0n) is 12.5. The van der Waals surface area contributed by atoms with E-state index in [1.165, 1.54) is 25.2 Å². The molecular weight excluding hydrogens is 288 g/mol. The van der Waals surface area contributed by atoms with E-state index >= 15 is 0 Å². The van der Waals surface area contributed by atoms with Crippen molar-refractivity contribution in [3.8, 4) is 0 Å². The number of carbonyl (C=O) groups is 1. The van der Waals surface area contributed by atoms with Crippen molar-refractivity contribution < 1.29 is 18.3 Å². The summed E-state index contributed by atoms with van der Waals surface area (Å²) in [6, 6.07) is 4.89. The molecule has 21 heavy (non-hydrogen) atoms. The van der Waals surface area contributed by atoms with E-state index in [9.17, 15) is 18.3 Å². The van der Waals surface area contributed by atoms with Crippen molar-refractivity contribution in [3.63, 3.8) is 0 Å². The molecule has 2 rings (SSSR count). The summed E-state index contributed by atoms with van der Waals surface area (Å²) in [6.07, 6.45) is 6.38. The van der Waals surface area contributed by atoms with Gasteiger partial charge in [0.2, 0.25) is 0 Å². The fraction of sp³-hybridized carbons (Fsp3) is 0.562. The number of sulfone groups is 1. The van der Waals surface area contributed by atoms with Gasteiger partial charge in [-0.05, 0) is 36.5 Å². The van der Waals surface area contributed by atoms with Crippen molar-refractivity contribution >= 4 is 15.8 Å². The average Bonchev–Trinajstić information content (AvgIpc) is 2.86. The summed E-state index contributed by atoms with van der Waals surface area (Å²) < 4.78 is 23.3. The number of aryl methyl sites for hydroxylation is 1. The lowest BCUT2D eigenvalue weighted by molar-refractivity contribution is -0.139. The molecule has 1 unspecified atom stereocenters. The molecule has 1 saturated carbocycles. The predicted octanol–water partition coefficient (Wildman–Crippen LogP) is 3.15. The van der Waals surface area contributed by atoms with E-state index in [-0.39, 0.29) is 4.90 Å². The standard InChI is InChI=1S/C16H22O4S/c1-11-9-13(7-8-15(11)21(2,19)20)14(16(17)18)10-12-5-3-4-6-12/h7-9,12,14H,3-6,10H2,1-2H3,(H,17,18). The zero-order valence-corrected chi connectivity index (χ0v) is 13.3. The van der Waals surface area contributed by atoms with Crippen LogP contribution in [0.4, 0.5) is 0 Å². The van der Waals surface area contributed by atoms with E-state index in [0.717, 1.165) is 12.8 Å². The molecule has 1 atom stereocenters. The Bertz CT molecular complexity index is 628. The minimum absolute atomic E-state index is 0.274. The van der Waals surface area contributed by atoms with E-state index in [1.807, 2.05) is 0 Å². The Hall–Kier alpha value is -1.36. The Labute approximate surface area is 126 Å². The van der Waals surface area contributed by atoms with E-state index in [1.54, 1.807) is 19.1 Å². The lowest BCUT2D eigenvalue weighted by atomic mass is 9.87. The molecule has 0 heterocycles. The van der Waals surface area contributed by atoms with Crippen LogP contribution in [0.25, 0.3) is 0 Å². The monoisotopic (exact) mass is 310 g/mol. The molecular formula is C16H22O4S. The number of hydrogen-bond acceptors (Lipinski definition) is 3. The minimum Gasteiger partial charge on any atom is -0.481 e. The van der Waals surface area contributed by atoms with Crippen LogP contribution in [0.3, 0.4) is 0 Å². The summed E-state index contributed by atoms with van der Waals surface area (Å²) in [5, 5.41) is 9.49. The Kier molecular flexibility index (Phi) is 4.71. The summed E-state index contributed by atoms with van der Waals surface area (Å²) in [5.41, 5.74) is 1.33. The van der Waals surface area contributed by atoms with E-state index in [0.29, 0.717) is 23.5 Å². The SMILES string of the molecule is Cc1cc(C(CC2CCCC2)C(=O)O)ccc1S(C)(=O)=O. The molecule has 0 spiro atoms. The van der Waals surface area contributed by atoms with Gasteiger partial charge in [0, 0.05) is 6.26 Å². The number of benzene rings is 1. The van der Waals surface area contributed by atoms with Gasteiger partial charge in [-0.15, -0.1) is 0 Å². The second-order valence-corrected chi connectivity index (χ2v) is 8.06.